The second-order valence-corrected chi connectivity index (χ2v) is 5.60. The van der Waals surface area contributed by atoms with E-state index >= 15 is 0 Å². The molecular formula is C14H22N4O. The van der Waals surface area contributed by atoms with E-state index in [1.807, 2.05) is 16.9 Å². The maximum Gasteiger partial charge on any atom is 0.223 e. The van der Waals surface area contributed by atoms with Crippen LogP contribution in [0.1, 0.15) is 50.8 Å². The predicted molar refractivity (Wildman–Crippen MR) is 72.3 cm³/mol. The van der Waals surface area contributed by atoms with Crippen molar-refractivity contribution in [2.75, 3.05) is 0 Å². The van der Waals surface area contributed by atoms with E-state index in [4.69, 9.17) is 5.73 Å². The molecule has 104 valence electrons. The minimum atomic E-state index is 0.00458. The first-order chi connectivity index (χ1) is 9.22. The van der Waals surface area contributed by atoms with Gasteiger partial charge in [0.1, 0.15) is 0 Å². The molecule has 0 radical (unpaired) electrons. The van der Waals surface area contributed by atoms with E-state index in [0.717, 1.165) is 37.9 Å². The number of hydrogen-bond donors (Lipinski definition) is 1. The van der Waals surface area contributed by atoms with E-state index in [-0.39, 0.29) is 18.0 Å². The van der Waals surface area contributed by atoms with E-state index < -0.39 is 0 Å². The summed E-state index contributed by atoms with van der Waals surface area (Å²) in [6, 6.07) is 2.45. The zero-order valence-corrected chi connectivity index (χ0v) is 11.5. The van der Waals surface area contributed by atoms with Crippen LogP contribution in [0.4, 0.5) is 0 Å². The molecule has 1 saturated carbocycles. The maximum atomic E-state index is 12.4. The number of amides is 1. The summed E-state index contributed by atoms with van der Waals surface area (Å²) in [5.41, 5.74) is 7.47. The van der Waals surface area contributed by atoms with Crippen LogP contribution in [0.2, 0.25) is 0 Å². The molecule has 1 aromatic rings. The molecule has 1 aromatic heterocycles. The first kappa shape index (κ1) is 12.7. The summed E-state index contributed by atoms with van der Waals surface area (Å²) in [6.45, 7) is 2.89. The summed E-state index contributed by atoms with van der Waals surface area (Å²) in [4.78, 5) is 14.4. The Morgan fingerprint density at radius 2 is 2.21 bits per heavy atom. The largest absolute Gasteiger partial charge is 0.330 e. The van der Waals surface area contributed by atoms with Crippen LogP contribution in [-0.2, 0) is 11.3 Å². The third-order valence-electron chi connectivity index (χ3n) is 4.21. The van der Waals surface area contributed by atoms with E-state index in [1.165, 1.54) is 0 Å². The number of carbonyl (C=O) groups is 1. The van der Waals surface area contributed by atoms with E-state index in [9.17, 15) is 4.79 Å². The summed E-state index contributed by atoms with van der Waals surface area (Å²) in [5, 5.41) is 4.34. The Balaban J connectivity index is 1.99. The second kappa shape index (κ2) is 4.96. The molecule has 2 aliphatic rings. The van der Waals surface area contributed by atoms with Gasteiger partial charge in [0.05, 0.1) is 11.7 Å². The third-order valence-corrected chi connectivity index (χ3v) is 4.21. The number of aryl methyl sites for hydroxylation is 1. The van der Waals surface area contributed by atoms with Crippen molar-refractivity contribution in [1.82, 2.24) is 14.7 Å². The highest BCUT2D eigenvalue weighted by Crippen LogP contribution is 2.39. The molecule has 2 unspecified atom stereocenters. The molecule has 1 aliphatic carbocycles. The van der Waals surface area contributed by atoms with Crippen LogP contribution in [-0.4, -0.2) is 32.7 Å². The standard InChI is InChI=1S/C14H22N4O/c1-2-17-12(8-9-16-17)14-11(15)4-3-5-13(19)18(14)10-6-7-10/h8-11,14H,2-7,15H2,1H3. The van der Waals surface area contributed by atoms with E-state index in [1.54, 1.807) is 0 Å². The number of hydrogen-bond acceptors (Lipinski definition) is 3. The van der Waals surface area contributed by atoms with Crippen LogP contribution in [0.3, 0.4) is 0 Å². The Hall–Kier alpha value is -1.36. The maximum absolute atomic E-state index is 12.4. The zero-order valence-electron chi connectivity index (χ0n) is 11.5. The van der Waals surface area contributed by atoms with Crippen molar-refractivity contribution in [3.05, 3.63) is 18.0 Å². The van der Waals surface area contributed by atoms with E-state index in [2.05, 4.69) is 16.9 Å². The van der Waals surface area contributed by atoms with Gasteiger partial charge >= 0.3 is 0 Å². The molecule has 2 fully saturated rings. The minimum Gasteiger partial charge on any atom is -0.330 e. The highest BCUT2D eigenvalue weighted by atomic mass is 16.2. The normalized spacial score (nSPS) is 28.5. The lowest BCUT2D eigenvalue weighted by molar-refractivity contribution is -0.134. The van der Waals surface area contributed by atoms with Gasteiger partial charge in [-0.25, -0.2) is 0 Å². The summed E-state index contributed by atoms with van der Waals surface area (Å²) in [7, 11) is 0. The van der Waals surface area contributed by atoms with Gasteiger partial charge in [-0.1, -0.05) is 0 Å². The van der Waals surface area contributed by atoms with Crippen molar-refractivity contribution >= 4 is 5.91 Å². The van der Waals surface area contributed by atoms with Crippen molar-refractivity contribution in [1.29, 1.82) is 0 Å². The van der Waals surface area contributed by atoms with Crippen molar-refractivity contribution < 1.29 is 4.79 Å². The molecule has 5 heteroatoms. The average molecular weight is 262 g/mol. The Morgan fingerprint density at radius 3 is 2.89 bits per heavy atom. The molecule has 3 rings (SSSR count). The zero-order chi connectivity index (χ0) is 13.4. The molecule has 1 amide bonds. The summed E-state index contributed by atoms with van der Waals surface area (Å²) < 4.78 is 1.97. The SMILES string of the molecule is CCn1nccc1C1C(N)CCCC(=O)N1C1CC1. The van der Waals surface area contributed by atoms with Crippen molar-refractivity contribution in [2.45, 2.75) is 63.7 Å². The second-order valence-electron chi connectivity index (χ2n) is 5.60. The van der Waals surface area contributed by atoms with Gasteiger partial charge in [0.15, 0.2) is 0 Å². The van der Waals surface area contributed by atoms with Crippen LogP contribution >= 0.6 is 0 Å². The van der Waals surface area contributed by atoms with Crippen molar-refractivity contribution in [3.8, 4) is 0 Å². The molecule has 1 saturated heterocycles. The molecule has 0 spiro atoms. The van der Waals surface area contributed by atoms with Crippen LogP contribution < -0.4 is 5.73 Å². The molecule has 0 aromatic carbocycles. The molecule has 1 aliphatic heterocycles. The Kier molecular flexibility index (Phi) is 3.31. The lowest BCUT2D eigenvalue weighted by atomic mass is 10.0. The molecule has 2 N–H and O–H groups in total. The van der Waals surface area contributed by atoms with Gasteiger partial charge in [-0.05, 0) is 38.7 Å². The fourth-order valence-electron chi connectivity index (χ4n) is 3.14. The number of rotatable bonds is 3. The third kappa shape index (κ3) is 2.27. The predicted octanol–water partition coefficient (Wildman–Crippen LogP) is 1.45. The van der Waals surface area contributed by atoms with Crippen LogP contribution in [0, 0.1) is 0 Å². The van der Waals surface area contributed by atoms with Gasteiger partial charge in [-0.3, -0.25) is 9.48 Å². The van der Waals surface area contributed by atoms with Gasteiger partial charge in [0.25, 0.3) is 0 Å². The highest BCUT2D eigenvalue weighted by Gasteiger charge is 2.42. The van der Waals surface area contributed by atoms with Gasteiger partial charge in [0.2, 0.25) is 5.91 Å². The highest BCUT2D eigenvalue weighted by molar-refractivity contribution is 5.77. The minimum absolute atomic E-state index is 0.00458. The molecule has 2 atom stereocenters. The summed E-state index contributed by atoms with van der Waals surface area (Å²) in [6.07, 6.45) is 6.51. The summed E-state index contributed by atoms with van der Waals surface area (Å²) >= 11 is 0. The number of aromatic nitrogens is 2. The van der Waals surface area contributed by atoms with Gasteiger partial charge < -0.3 is 10.6 Å². The Bertz CT molecular complexity index is 466. The summed E-state index contributed by atoms with van der Waals surface area (Å²) in [5.74, 6) is 0.268. The van der Waals surface area contributed by atoms with Crippen LogP contribution in [0.25, 0.3) is 0 Å². The molecular weight excluding hydrogens is 240 g/mol. The molecule has 0 bridgehead atoms. The van der Waals surface area contributed by atoms with Crippen LogP contribution in [0.5, 0.6) is 0 Å². The first-order valence-electron chi connectivity index (χ1n) is 7.30. The Morgan fingerprint density at radius 1 is 1.42 bits per heavy atom. The van der Waals surface area contributed by atoms with E-state index in [0.29, 0.717) is 12.5 Å². The number of nitrogens with zero attached hydrogens (tertiary/aromatic N) is 3. The van der Waals surface area contributed by atoms with Crippen LogP contribution in [0.15, 0.2) is 12.3 Å². The van der Waals surface area contributed by atoms with Crippen molar-refractivity contribution in [2.24, 2.45) is 5.73 Å². The fourth-order valence-corrected chi connectivity index (χ4v) is 3.14. The number of likely N-dealkylation sites (tertiary alicyclic amines) is 1. The fraction of sp³-hybridized carbons (Fsp3) is 0.714. The molecule has 2 heterocycles. The van der Waals surface area contributed by atoms with Gasteiger partial charge in [-0.2, -0.15) is 5.10 Å². The van der Waals surface area contributed by atoms with Gasteiger partial charge in [0, 0.05) is 31.2 Å². The lowest BCUT2D eigenvalue weighted by Crippen LogP contribution is -2.44. The first-order valence-corrected chi connectivity index (χ1v) is 7.30. The number of carbonyl (C=O) groups excluding carboxylic acids is 1. The Labute approximate surface area is 113 Å². The quantitative estimate of drug-likeness (QED) is 0.896. The van der Waals surface area contributed by atoms with Gasteiger partial charge in [-0.15, -0.1) is 0 Å². The smallest absolute Gasteiger partial charge is 0.223 e. The average Bonchev–Trinajstić information content (AvgIpc) is 3.14. The lowest BCUT2D eigenvalue weighted by Gasteiger charge is -2.34. The molecule has 19 heavy (non-hydrogen) atoms. The monoisotopic (exact) mass is 262 g/mol. The van der Waals surface area contributed by atoms with Crippen molar-refractivity contribution in [3.63, 3.8) is 0 Å². The number of nitrogens with two attached hydrogens (primary N) is 1. The molecule has 5 nitrogen and oxygen atoms in total. The topological polar surface area (TPSA) is 64.2 Å².